The molecule has 1 saturated carbocycles. The van der Waals surface area contributed by atoms with Gasteiger partial charge in [0.15, 0.2) is 0 Å². The van der Waals surface area contributed by atoms with Crippen molar-refractivity contribution in [2.45, 2.75) is 25.8 Å². The van der Waals surface area contributed by atoms with E-state index in [-0.39, 0.29) is 23.8 Å². The monoisotopic (exact) mass is 376 g/mol. The van der Waals surface area contributed by atoms with Gasteiger partial charge in [0, 0.05) is 17.2 Å². The molecule has 3 rings (SSSR count). The van der Waals surface area contributed by atoms with E-state index in [1.54, 1.807) is 36.4 Å². The Bertz CT molecular complexity index is 802. The number of amides is 2. The summed E-state index contributed by atoms with van der Waals surface area (Å²) in [5.74, 6) is -0.000827. The van der Waals surface area contributed by atoms with Crippen molar-refractivity contribution in [2.24, 2.45) is 5.92 Å². The van der Waals surface area contributed by atoms with Gasteiger partial charge in [0.1, 0.15) is 0 Å². The van der Waals surface area contributed by atoms with Crippen LogP contribution in [0.5, 0.6) is 0 Å². The summed E-state index contributed by atoms with van der Waals surface area (Å²) in [6.07, 6.45) is 1.91. The summed E-state index contributed by atoms with van der Waals surface area (Å²) in [7, 11) is 0. The number of hydrogen-bond donors (Lipinski definition) is 2. The fourth-order valence-electron chi connectivity index (χ4n) is 2.44. The van der Waals surface area contributed by atoms with Crippen molar-refractivity contribution in [1.82, 2.24) is 5.32 Å². The molecule has 2 aromatic rings. The Kier molecular flexibility index (Phi) is 5.30. The molecule has 0 heterocycles. The first-order chi connectivity index (χ1) is 11.9. The molecular formula is C19H18Cl2N2O2. The Morgan fingerprint density at radius 2 is 1.72 bits per heavy atom. The average Bonchev–Trinajstić information content (AvgIpc) is 3.43. The lowest BCUT2D eigenvalue weighted by Gasteiger charge is -2.15. The van der Waals surface area contributed by atoms with Gasteiger partial charge in [-0.2, -0.15) is 0 Å². The summed E-state index contributed by atoms with van der Waals surface area (Å²) in [6.45, 7) is 1.88. The van der Waals surface area contributed by atoms with Gasteiger partial charge in [-0.15, -0.1) is 0 Å². The fraction of sp³-hybridized carbons (Fsp3) is 0.263. The maximum absolute atomic E-state index is 12.4. The number of nitrogens with one attached hydrogen (secondary N) is 2. The second kappa shape index (κ2) is 7.46. The second-order valence-corrected chi connectivity index (χ2v) is 7.02. The minimum atomic E-state index is -0.212. The molecule has 2 aromatic carbocycles. The zero-order valence-electron chi connectivity index (χ0n) is 13.7. The molecule has 25 heavy (non-hydrogen) atoms. The van der Waals surface area contributed by atoms with Crippen LogP contribution in [-0.2, 0) is 4.79 Å². The van der Waals surface area contributed by atoms with Crippen LogP contribution >= 0.6 is 23.2 Å². The van der Waals surface area contributed by atoms with Gasteiger partial charge in [-0.3, -0.25) is 9.59 Å². The number of carbonyl (C=O) groups excluding carboxylic acids is 2. The SMILES string of the molecule is C[C@@H](NC(=O)c1ccc(NC(=O)C2CC2)cc1)c1ccc(Cl)c(Cl)c1. The minimum absolute atomic E-state index is 0.0467. The Balaban J connectivity index is 1.61. The van der Waals surface area contributed by atoms with Crippen LogP contribution in [0.2, 0.25) is 10.0 Å². The van der Waals surface area contributed by atoms with Gasteiger partial charge in [0.05, 0.1) is 16.1 Å². The van der Waals surface area contributed by atoms with E-state index in [1.807, 2.05) is 13.0 Å². The Morgan fingerprint density at radius 1 is 1.04 bits per heavy atom. The Labute approximate surface area is 156 Å². The quantitative estimate of drug-likeness (QED) is 0.784. The van der Waals surface area contributed by atoms with Gasteiger partial charge in [-0.25, -0.2) is 0 Å². The van der Waals surface area contributed by atoms with Crippen LogP contribution in [-0.4, -0.2) is 11.8 Å². The van der Waals surface area contributed by atoms with Crippen molar-refractivity contribution in [2.75, 3.05) is 5.32 Å². The van der Waals surface area contributed by atoms with E-state index < -0.39 is 0 Å². The van der Waals surface area contributed by atoms with Gasteiger partial charge in [0.25, 0.3) is 5.91 Å². The number of rotatable bonds is 5. The molecule has 4 nitrogen and oxygen atoms in total. The topological polar surface area (TPSA) is 58.2 Å². The lowest BCUT2D eigenvalue weighted by molar-refractivity contribution is -0.117. The van der Waals surface area contributed by atoms with E-state index in [4.69, 9.17) is 23.2 Å². The molecule has 1 fully saturated rings. The van der Waals surface area contributed by atoms with Crippen LogP contribution in [0.4, 0.5) is 5.69 Å². The zero-order valence-corrected chi connectivity index (χ0v) is 15.2. The second-order valence-electron chi connectivity index (χ2n) is 6.21. The molecule has 2 amide bonds. The summed E-state index contributed by atoms with van der Waals surface area (Å²) in [5, 5.41) is 6.70. The van der Waals surface area contributed by atoms with Gasteiger partial charge in [-0.05, 0) is 61.7 Å². The molecular weight excluding hydrogens is 359 g/mol. The minimum Gasteiger partial charge on any atom is -0.346 e. The van der Waals surface area contributed by atoms with E-state index in [9.17, 15) is 9.59 Å². The summed E-state index contributed by atoms with van der Waals surface area (Å²) in [5.41, 5.74) is 2.10. The average molecular weight is 377 g/mol. The lowest BCUT2D eigenvalue weighted by atomic mass is 10.1. The standard InChI is InChI=1S/C19H18Cl2N2O2/c1-11(14-6-9-16(20)17(21)10-14)22-18(24)13-4-7-15(8-5-13)23-19(25)12-2-3-12/h4-12H,2-3H2,1H3,(H,22,24)(H,23,25)/t11-/m1/s1. The Hall–Kier alpha value is -2.04. The number of anilines is 1. The summed E-state index contributed by atoms with van der Waals surface area (Å²) >= 11 is 11.9. The van der Waals surface area contributed by atoms with Crippen LogP contribution in [0.1, 0.15) is 41.7 Å². The van der Waals surface area contributed by atoms with Crippen molar-refractivity contribution in [3.8, 4) is 0 Å². The summed E-state index contributed by atoms with van der Waals surface area (Å²) in [6, 6.07) is 11.9. The van der Waals surface area contributed by atoms with Gasteiger partial charge in [0.2, 0.25) is 5.91 Å². The first-order valence-corrected chi connectivity index (χ1v) is 8.86. The van der Waals surface area contributed by atoms with Gasteiger partial charge in [-0.1, -0.05) is 29.3 Å². The van der Waals surface area contributed by atoms with Crippen molar-refractivity contribution in [3.05, 3.63) is 63.6 Å². The number of carbonyl (C=O) groups is 2. The largest absolute Gasteiger partial charge is 0.346 e. The zero-order chi connectivity index (χ0) is 18.0. The lowest BCUT2D eigenvalue weighted by Crippen LogP contribution is -2.26. The highest BCUT2D eigenvalue weighted by atomic mass is 35.5. The van der Waals surface area contributed by atoms with E-state index in [0.717, 1.165) is 18.4 Å². The number of halogens is 2. The highest BCUT2D eigenvalue weighted by Gasteiger charge is 2.29. The molecule has 0 saturated heterocycles. The van der Waals surface area contributed by atoms with E-state index in [2.05, 4.69) is 10.6 Å². The molecule has 6 heteroatoms. The van der Waals surface area contributed by atoms with Crippen LogP contribution in [0.15, 0.2) is 42.5 Å². The number of hydrogen-bond acceptors (Lipinski definition) is 2. The fourth-order valence-corrected chi connectivity index (χ4v) is 2.75. The van der Waals surface area contributed by atoms with Crippen molar-refractivity contribution >= 4 is 40.7 Å². The normalized spacial score (nSPS) is 14.7. The first-order valence-electron chi connectivity index (χ1n) is 8.11. The maximum atomic E-state index is 12.4. The molecule has 1 atom stereocenters. The summed E-state index contributed by atoms with van der Waals surface area (Å²) in [4.78, 5) is 24.1. The van der Waals surface area contributed by atoms with Crippen LogP contribution in [0.25, 0.3) is 0 Å². The molecule has 1 aliphatic rings. The van der Waals surface area contributed by atoms with Crippen molar-refractivity contribution in [3.63, 3.8) is 0 Å². The van der Waals surface area contributed by atoms with E-state index in [1.165, 1.54) is 0 Å². The van der Waals surface area contributed by atoms with Crippen LogP contribution in [0.3, 0.4) is 0 Å². The third kappa shape index (κ3) is 4.53. The third-order valence-electron chi connectivity index (χ3n) is 4.15. The van der Waals surface area contributed by atoms with E-state index in [0.29, 0.717) is 21.3 Å². The molecule has 0 spiro atoms. The molecule has 2 N–H and O–H groups in total. The van der Waals surface area contributed by atoms with E-state index >= 15 is 0 Å². The highest BCUT2D eigenvalue weighted by molar-refractivity contribution is 6.42. The van der Waals surface area contributed by atoms with Crippen LogP contribution in [0, 0.1) is 5.92 Å². The highest BCUT2D eigenvalue weighted by Crippen LogP contribution is 2.30. The number of benzene rings is 2. The Morgan fingerprint density at radius 3 is 2.32 bits per heavy atom. The summed E-state index contributed by atoms with van der Waals surface area (Å²) < 4.78 is 0. The maximum Gasteiger partial charge on any atom is 0.251 e. The third-order valence-corrected chi connectivity index (χ3v) is 4.89. The molecule has 0 bridgehead atoms. The molecule has 130 valence electrons. The molecule has 0 unspecified atom stereocenters. The van der Waals surface area contributed by atoms with Crippen LogP contribution < -0.4 is 10.6 Å². The smallest absolute Gasteiger partial charge is 0.251 e. The predicted molar refractivity (Wildman–Crippen MR) is 100 cm³/mol. The van der Waals surface area contributed by atoms with Crippen molar-refractivity contribution in [1.29, 1.82) is 0 Å². The molecule has 0 aromatic heterocycles. The molecule has 0 radical (unpaired) electrons. The van der Waals surface area contributed by atoms with Crippen molar-refractivity contribution < 1.29 is 9.59 Å². The van der Waals surface area contributed by atoms with Gasteiger partial charge >= 0.3 is 0 Å². The molecule has 1 aliphatic carbocycles. The molecule has 0 aliphatic heterocycles. The predicted octanol–water partition coefficient (Wildman–Crippen LogP) is 4.83. The first kappa shape index (κ1) is 17.8. The van der Waals surface area contributed by atoms with Gasteiger partial charge < -0.3 is 10.6 Å².